The normalized spacial score (nSPS) is 18.9. The van der Waals surface area contributed by atoms with Crippen LogP contribution >= 0.6 is 11.6 Å². The van der Waals surface area contributed by atoms with Crippen molar-refractivity contribution in [2.24, 2.45) is 5.41 Å². The summed E-state index contributed by atoms with van der Waals surface area (Å²) in [5.41, 5.74) is 0.263. The lowest BCUT2D eigenvalue weighted by atomic mass is 9.75. The highest BCUT2D eigenvalue weighted by Gasteiger charge is 2.30. The molecule has 0 aliphatic heterocycles. The lowest BCUT2D eigenvalue weighted by Gasteiger charge is -2.35. The highest BCUT2D eigenvalue weighted by Crippen LogP contribution is 2.37. The molecule has 1 aliphatic rings. The fraction of sp³-hybridized carbons (Fsp3) is 0.692. The highest BCUT2D eigenvalue weighted by atomic mass is 35.5. The number of hydrogen-bond donors (Lipinski definition) is 1. The Balaban J connectivity index is 1.95. The van der Waals surface area contributed by atoms with Crippen molar-refractivity contribution in [2.75, 3.05) is 17.7 Å². The predicted molar refractivity (Wildman–Crippen MR) is 71.5 cm³/mol. The van der Waals surface area contributed by atoms with Gasteiger partial charge in [-0.2, -0.15) is 0 Å². The summed E-state index contributed by atoms with van der Waals surface area (Å²) in [4.78, 5) is 8.45. The molecule has 0 spiro atoms. The molecule has 0 radical (unpaired) electrons. The molecule has 1 N–H and O–H groups in total. The van der Waals surface area contributed by atoms with E-state index in [9.17, 15) is 0 Å². The van der Waals surface area contributed by atoms with Crippen LogP contribution in [-0.2, 0) is 0 Å². The Kier molecular flexibility index (Phi) is 4.21. The second-order valence-corrected chi connectivity index (χ2v) is 5.30. The summed E-state index contributed by atoms with van der Waals surface area (Å²) in [5, 5.41) is 3.41. The van der Waals surface area contributed by atoms with E-state index in [0.717, 1.165) is 24.1 Å². The topological polar surface area (TPSA) is 37.8 Å². The van der Waals surface area contributed by atoms with Crippen molar-refractivity contribution in [2.45, 2.75) is 39.0 Å². The summed E-state index contributed by atoms with van der Waals surface area (Å²) in [6.45, 7) is 2.83. The van der Waals surface area contributed by atoms with Gasteiger partial charge in [-0.1, -0.05) is 19.3 Å². The number of anilines is 1. The summed E-state index contributed by atoms with van der Waals surface area (Å²) in [5.74, 6) is 2.45. The van der Waals surface area contributed by atoms with Crippen LogP contribution in [0.2, 0.25) is 0 Å². The number of aromatic nitrogens is 2. The van der Waals surface area contributed by atoms with E-state index in [4.69, 9.17) is 11.6 Å². The Morgan fingerprint density at radius 2 is 2.12 bits per heavy atom. The van der Waals surface area contributed by atoms with Crippen LogP contribution in [0, 0.1) is 12.3 Å². The molecule has 0 saturated heterocycles. The number of hydrogen-bond acceptors (Lipinski definition) is 3. The van der Waals surface area contributed by atoms with Gasteiger partial charge in [0.1, 0.15) is 11.6 Å². The molecule has 2 rings (SSSR count). The van der Waals surface area contributed by atoms with Crippen molar-refractivity contribution in [3.63, 3.8) is 0 Å². The fourth-order valence-corrected chi connectivity index (χ4v) is 2.85. The van der Waals surface area contributed by atoms with E-state index >= 15 is 0 Å². The first-order valence-electron chi connectivity index (χ1n) is 6.34. The number of nitrogens with one attached hydrogen (secondary N) is 1. The van der Waals surface area contributed by atoms with Crippen molar-refractivity contribution in [1.29, 1.82) is 0 Å². The van der Waals surface area contributed by atoms with Gasteiger partial charge < -0.3 is 5.32 Å². The lowest BCUT2D eigenvalue weighted by Crippen LogP contribution is -2.34. The molecule has 1 heterocycles. The van der Waals surface area contributed by atoms with E-state index in [1.165, 1.54) is 32.1 Å². The molecule has 1 saturated carbocycles. The Morgan fingerprint density at radius 3 is 2.76 bits per heavy atom. The third-order valence-corrected chi connectivity index (χ3v) is 4.19. The van der Waals surface area contributed by atoms with Crippen LogP contribution in [0.15, 0.2) is 12.3 Å². The van der Waals surface area contributed by atoms with Crippen molar-refractivity contribution in [3.05, 3.63) is 18.1 Å². The zero-order valence-corrected chi connectivity index (χ0v) is 11.1. The zero-order chi connectivity index (χ0) is 12.1. The van der Waals surface area contributed by atoms with Crippen LogP contribution in [0.5, 0.6) is 0 Å². The van der Waals surface area contributed by atoms with Gasteiger partial charge in [0.05, 0.1) is 0 Å². The van der Waals surface area contributed by atoms with Crippen LogP contribution in [0.4, 0.5) is 5.82 Å². The Hall–Kier alpha value is -0.830. The van der Waals surface area contributed by atoms with E-state index in [1.54, 1.807) is 6.20 Å². The smallest absolute Gasteiger partial charge is 0.129 e. The molecule has 1 aliphatic carbocycles. The molecule has 0 unspecified atom stereocenters. The van der Waals surface area contributed by atoms with Gasteiger partial charge in [0.2, 0.25) is 0 Å². The van der Waals surface area contributed by atoms with Gasteiger partial charge in [-0.05, 0) is 25.8 Å². The largest absolute Gasteiger partial charge is 0.369 e. The van der Waals surface area contributed by atoms with E-state index in [1.807, 2.05) is 13.0 Å². The molecule has 0 atom stereocenters. The van der Waals surface area contributed by atoms with Crippen LogP contribution in [-0.4, -0.2) is 22.4 Å². The lowest BCUT2D eigenvalue weighted by molar-refractivity contribution is 0.238. The molecule has 17 heavy (non-hydrogen) atoms. The first-order chi connectivity index (χ1) is 8.24. The van der Waals surface area contributed by atoms with E-state index < -0.39 is 0 Å². The highest BCUT2D eigenvalue weighted by molar-refractivity contribution is 6.18. The average molecular weight is 254 g/mol. The summed E-state index contributed by atoms with van der Waals surface area (Å²) in [7, 11) is 0. The predicted octanol–water partition coefficient (Wildman–Crippen LogP) is 3.39. The van der Waals surface area contributed by atoms with Crippen LogP contribution in [0.25, 0.3) is 0 Å². The maximum absolute atomic E-state index is 6.16. The van der Waals surface area contributed by atoms with Crippen LogP contribution in [0.1, 0.15) is 37.9 Å². The molecule has 3 nitrogen and oxygen atoms in total. The summed E-state index contributed by atoms with van der Waals surface area (Å²) >= 11 is 6.16. The fourth-order valence-electron chi connectivity index (χ4n) is 2.49. The van der Waals surface area contributed by atoms with Crippen molar-refractivity contribution in [1.82, 2.24) is 9.97 Å². The Morgan fingerprint density at radius 1 is 1.35 bits per heavy atom. The van der Waals surface area contributed by atoms with E-state index in [-0.39, 0.29) is 5.41 Å². The third kappa shape index (κ3) is 3.32. The van der Waals surface area contributed by atoms with Crippen molar-refractivity contribution in [3.8, 4) is 0 Å². The number of nitrogens with zero attached hydrogens (tertiary/aromatic N) is 2. The minimum absolute atomic E-state index is 0.263. The molecule has 0 bridgehead atoms. The maximum Gasteiger partial charge on any atom is 0.129 e. The molecule has 1 aromatic rings. The quantitative estimate of drug-likeness (QED) is 0.836. The maximum atomic E-state index is 6.16. The van der Waals surface area contributed by atoms with Gasteiger partial charge in [-0.15, -0.1) is 11.6 Å². The van der Waals surface area contributed by atoms with Gasteiger partial charge in [0, 0.05) is 24.0 Å². The monoisotopic (exact) mass is 253 g/mol. The second kappa shape index (κ2) is 5.67. The number of halogens is 1. The minimum Gasteiger partial charge on any atom is -0.369 e. The number of alkyl halides is 1. The third-order valence-electron chi connectivity index (χ3n) is 3.62. The Bertz CT molecular complexity index is 361. The van der Waals surface area contributed by atoms with E-state index in [0.29, 0.717) is 0 Å². The zero-order valence-electron chi connectivity index (χ0n) is 10.4. The molecule has 0 aromatic carbocycles. The average Bonchev–Trinajstić information content (AvgIpc) is 2.38. The Labute approximate surface area is 108 Å². The molecule has 0 amide bonds. The summed E-state index contributed by atoms with van der Waals surface area (Å²) in [6.07, 6.45) is 8.21. The first-order valence-corrected chi connectivity index (χ1v) is 6.87. The summed E-state index contributed by atoms with van der Waals surface area (Å²) in [6, 6.07) is 1.91. The second-order valence-electron chi connectivity index (χ2n) is 5.04. The summed E-state index contributed by atoms with van der Waals surface area (Å²) < 4.78 is 0. The molecular formula is C13H20ClN3. The first kappa shape index (κ1) is 12.6. The molecule has 1 fully saturated rings. The molecule has 94 valence electrons. The van der Waals surface area contributed by atoms with Crippen molar-refractivity contribution >= 4 is 17.4 Å². The van der Waals surface area contributed by atoms with Gasteiger partial charge in [-0.3, -0.25) is 0 Å². The van der Waals surface area contributed by atoms with Gasteiger partial charge in [0.15, 0.2) is 0 Å². The van der Waals surface area contributed by atoms with Crippen LogP contribution in [0.3, 0.4) is 0 Å². The van der Waals surface area contributed by atoms with Crippen LogP contribution < -0.4 is 5.32 Å². The standard InChI is InChI=1S/C13H20ClN3/c1-11-15-8-5-12(17-11)16-10-13(9-14)6-3-2-4-7-13/h5,8H,2-4,6-7,9-10H2,1H3,(H,15,16,17). The van der Waals surface area contributed by atoms with Crippen molar-refractivity contribution < 1.29 is 0 Å². The number of rotatable bonds is 4. The van der Waals surface area contributed by atoms with Gasteiger partial charge >= 0.3 is 0 Å². The van der Waals surface area contributed by atoms with Gasteiger partial charge in [0.25, 0.3) is 0 Å². The molecule has 1 aromatic heterocycles. The van der Waals surface area contributed by atoms with Gasteiger partial charge in [-0.25, -0.2) is 9.97 Å². The number of aryl methyl sites for hydroxylation is 1. The molecule has 4 heteroatoms. The minimum atomic E-state index is 0.263. The van der Waals surface area contributed by atoms with E-state index in [2.05, 4.69) is 15.3 Å². The SMILES string of the molecule is Cc1nccc(NCC2(CCl)CCCCC2)n1. The molecular weight excluding hydrogens is 234 g/mol.